The van der Waals surface area contributed by atoms with E-state index in [1.54, 1.807) is 0 Å². The second kappa shape index (κ2) is 4.31. The van der Waals surface area contributed by atoms with Crippen LogP contribution in [0, 0.1) is 0 Å². The molecule has 1 aromatic heterocycles. The van der Waals surface area contributed by atoms with Gasteiger partial charge in [0.05, 0.1) is 4.75 Å². The molecule has 0 amide bonds. The monoisotopic (exact) mass is 261 g/mol. The highest BCUT2D eigenvalue weighted by molar-refractivity contribution is 8.00. The van der Waals surface area contributed by atoms with Crippen molar-refractivity contribution in [1.29, 1.82) is 0 Å². The number of benzene rings is 1. The van der Waals surface area contributed by atoms with E-state index < -0.39 is 0 Å². The number of nitrogen functional groups attached to an aromatic ring is 1. The molecule has 94 valence electrons. The van der Waals surface area contributed by atoms with Crippen molar-refractivity contribution in [3.63, 3.8) is 0 Å². The van der Waals surface area contributed by atoms with Crippen LogP contribution in [0.15, 0.2) is 28.8 Å². The van der Waals surface area contributed by atoms with Crippen LogP contribution >= 0.6 is 11.8 Å². The Morgan fingerprint density at radius 2 is 2.33 bits per heavy atom. The molecule has 4 nitrogen and oxygen atoms in total. The molecule has 1 aliphatic rings. The Morgan fingerprint density at radius 3 is 3.06 bits per heavy atom. The first-order valence-corrected chi connectivity index (χ1v) is 7.00. The highest BCUT2D eigenvalue weighted by Gasteiger charge is 2.37. The van der Waals surface area contributed by atoms with Crippen molar-refractivity contribution in [2.24, 2.45) is 0 Å². The summed E-state index contributed by atoms with van der Waals surface area (Å²) in [6.07, 6.45) is 2.30. The van der Waals surface area contributed by atoms with E-state index in [9.17, 15) is 0 Å². The molecule has 0 saturated carbocycles. The lowest BCUT2D eigenvalue weighted by molar-refractivity contribution is 0.343. The van der Waals surface area contributed by atoms with E-state index in [-0.39, 0.29) is 4.75 Å². The van der Waals surface area contributed by atoms with Gasteiger partial charge in [0.15, 0.2) is 0 Å². The summed E-state index contributed by atoms with van der Waals surface area (Å²) in [6.45, 7) is 2.17. The second-order valence-corrected chi connectivity index (χ2v) is 6.33. The van der Waals surface area contributed by atoms with Crippen molar-refractivity contribution in [2.45, 2.75) is 24.5 Å². The molecule has 1 aliphatic heterocycles. The van der Waals surface area contributed by atoms with Crippen LogP contribution in [0.4, 0.5) is 5.69 Å². The van der Waals surface area contributed by atoms with Crippen LogP contribution in [0.2, 0.25) is 0 Å². The highest BCUT2D eigenvalue weighted by atomic mass is 32.2. The first-order chi connectivity index (χ1) is 8.67. The van der Waals surface area contributed by atoms with Crippen LogP contribution in [0.25, 0.3) is 11.4 Å². The number of thioether (sulfide) groups is 1. The summed E-state index contributed by atoms with van der Waals surface area (Å²) < 4.78 is 5.40. The van der Waals surface area contributed by atoms with E-state index in [1.165, 1.54) is 6.42 Å². The third-order valence-electron chi connectivity index (χ3n) is 3.24. The molecule has 0 aliphatic carbocycles. The third-order valence-corrected chi connectivity index (χ3v) is 4.75. The molecule has 2 N–H and O–H groups in total. The summed E-state index contributed by atoms with van der Waals surface area (Å²) in [5.41, 5.74) is 7.37. The molecule has 1 fully saturated rings. The van der Waals surface area contributed by atoms with Gasteiger partial charge in [-0.25, -0.2) is 0 Å². The molecular weight excluding hydrogens is 246 g/mol. The smallest absolute Gasteiger partial charge is 0.242 e. The summed E-state index contributed by atoms with van der Waals surface area (Å²) in [6, 6.07) is 7.54. The third kappa shape index (κ3) is 1.99. The summed E-state index contributed by atoms with van der Waals surface area (Å²) >= 11 is 1.89. The molecule has 2 aromatic rings. The maximum Gasteiger partial charge on any atom is 0.242 e. The maximum atomic E-state index is 5.76. The van der Waals surface area contributed by atoms with Crippen LogP contribution in [-0.2, 0) is 4.75 Å². The predicted molar refractivity (Wildman–Crippen MR) is 73.2 cm³/mol. The van der Waals surface area contributed by atoms with E-state index in [1.807, 2.05) is 36.0 Å². The Bertz CT molecular complexity index is 561. The average molecular weight is 261 g/mol. The van der Waals surface area contributed by atoms with Gasteiger partial charge in [-0.3, -0.25) is 0 Å². The lowest BCUT2D eigenvalue weighted by Gasteiger charge is -2.16. The van der Waals surface area contributed by atoms with Gasteiger partial charge in [0.2, 0.25) is 11.7 Å². The first-order valence-electron chi connectivity index (χ1n) is 6.01. The summed E-state index contributed by atoms with van der Waals surface area (Å²) in [7, 11) is 0. The van der Waals surface area contributed by atoms with Crippen molar-refractivity contribution in [3.8, 4) is 11.4 Å². The van der Waals surface area contributed by atoms with Crippen molar-refractivity contribution in [2.75, 3.05) is 11.5 Å². The molecule has 0 radical (unpaired) electrons. The molecule has 1 aromatic carbocycles. The van der Waals surface area contributed by atoms with Gasteiger partial charge < -0.3 is 10.3 Å². The molecule has 1 saturated heterocycles. The maximum absolute atomic E-state index is 5.76. The summed E-state index contributed by atoms with van der Waals surface area (Å²) in [5.74, 6) is 2.50. The average Bonchev–Trinajstić information content (AvgIpc) is 2.98. The van der Waals surface area contributed by atoms with Crippen molar-refractivity contribution in [1.82, 2.24) is 10.1 Å². The standard InChI is InChI=1S/C13H15N3OS/c1-13(6-3-7-18-13)12-15-11(16-17-12)9-4-2-5-10(14)8-9/h2,4-5,8H,3,6-7,14H2,1H3. The van der Waals surface area contributed by atoms with Gasteiger partial charge in [0, 0.05) is 11.3 Å². The van der Waals surface area contributed by atoms with Gasteiger partial charge in [-0.05, 0) is 37.7 Å². The Labute approximate surface area is 110 Å². The van der Waals surface area contributed by atoms with Crippen LogP contribution in [0.1, 0.15) is 25.7 Å². The molecule has 2 heterocycles. The van der Waals surface area contributed by atoms with E-state index in [4.69, 9.17) is 10.3 Å². The SMILES string of the molecule is CC1(c2nc(-c3cccc(N)c3)no2)CCCS1. The van der Waals surface area contributed by atoms with Gasteiger partial charge in [-0.15, -0.1) is 11.8 Å². The predicted octanol–water partition coefficient (Wildman–Crippen LogP) is 3.06. The lowest BCUT2D eigenvalue weighted by Crippen LogP contribution is -2.12. The number of aromatic nitrogens is 2. The van der Waals surface area contributed by atoms with Gasteiger partial charge in [-0.2, -0.15) is 4.98 Å². The fourth-order valence-electron chi connectivity index (χ4n) is 2.18. The van der Waals surface area contributed by atoms with Crippen molar-refractivity contribution >= 4 is 17.4 Å². The first kappa shape index (κ1) is 11.6. The molecule has 18 heavy (non-hydrogen) atoms. The van der Waals surface area contributed by atoms with Crippen LogP contribution in [0.5, 0.6) is 0 Å². The number of nitrogens with zero attached hydrogens (tertiary/aromatic N) is 2. The minimum atomic E-state index is -0.0222. The van der Waals surface area contributed by atoms with Gasteiger partial charge in [-0.1, -0.05) is 17.3 Å². The fourth-order valence-corrected chi connectivity index (χ4v) is 3.42. The zero-order valence-electron chi connectivity index (χ0n) is 10.2. The van der Waals surface area contributed by atoms with Gasteiger partial charge in [0.1, 0.15) is 0 Å². The largest absolute Gasteiger partial charge is 0.399 e. The van der Waals surface area contributed by atoms with Crippen molar-refractivity contribution in [3.05, 3.63) is 30.2 Å². The van der Waals surface area contributed by atoms with Gasteiger partial charge in [0.25, 0.3) is 0 Å². The quantitative estimate of drug-likeness (QED) is 0.842. The lowest BCUT2D eigenvalue weighted by atomic mass is 10.1. The number of anilines is 1. The van der Waals surface area contributed by atoms with E-state index >= 15 is 0 Å². The van der Waals surface area contributed by atoms with E-state index in [0.29, 0.717) is 11.5 Å². The Hall–Kier alpha value is -1.49. The Kier molecular flexibility index (Phi) is 2.78. The molecule has 0 bridgehead atoms. The topological polar surface area (TPSA) is 64.9 Å². The fraction of sp³-hybridized carbons (Fsp3) is 0.385. The minimum Gasteiger partial charge on any atom is -0.399 e. The summed E-state index contributed by atoms with van der Waals surface area (Å²) in [4.78, 5) is 4.52. The van der Waals surface area contributed by atoms with Crippen LogP contribution < -0.4 is 5.73 Å². The zero-order valence-corrected chi connectivity index (χ0v) is 11.0. The molecule has 0 spiro atoms. The number of hydrogen-bond donors (Lipinski definition) is 1. The van der Waals surface area contributed by atoms with E-state index in [0.717, 1.165) is 23.6 Å². The molecule has 1 atom stereocenters. The molecular formula is C13H15N3OS. The van der Waals surface area contributed by atoms with Gasteiger partial charge >= 0.3 is 0 Å². The number of hydrogen-bond acceptors (Lipinski definition) is 5. The normalized spacial score (nSPS) is 23.4. The van der Waals surface area contributed by atoms with E-state index in [2.05, 4.69) is 17.1 Å². The van der Waals surface area contributed by atoms with Crippen LogP contribution in [0.3, 0.4) is 0 Å². The molecule has 3 rings (SSSR count). The number of nitrogens with two attached hydrogens (primary N) is 1. The molecule has 1 unspecified atom stereocenters. The second-order valence-electron chi connectivity index (χ2n) is 4.73. The highest BCUT2D eigenvalue weighted by Crippen LogP contribution is 2.45. The number of rotatable bonds is 2. The van der Waals surface area contributed by atoms with Crippen molar-refractivity contribution < 1.29 is 4.52 Å². The zero-order chi connectivity index (χ0) is 12.6. The minimum absolute atomic E-state index is 0.0222. The Morgan fingerprint density at radius 1 is 1.44 bits per heavy atom. The Balaban J connectivity index is 1.94. The summed E-state index contributed by atoms with van der Waals surface area (Å²) in [5, 5.41) is 4.06. The van der Waals surface area contributed by atoms with Crippen LogP contribution in [-0.4, -0.2) is 15.9 Å². The molecule has 5 heteroatoms.